The van der Waals surface area contributed by atoms with Gasteiger partial charge < -0.3 is 9.84 Å². The summed E-state index contributed by atoms with van der Waals surface area (Å²) in [7, 11) is 1.65. The van der Waals surface area contributed by atoms with E-state index in [0.29, 0.717) is 0 Å². The second-order valence-electron chi connectivity index (χ2n) is 4.66. The van der Waals surface area contributed by atoms with Crippen LogP contribution in [0.25, 0.3) is 10.8 Å². The van der Waals surface area contributed by atoms with Gasteiger partial charge in [0, 0.05) is 18.0 Å². The number of hydrogen-bond acceptors (Lipinski definition) is 3. The van der Waals surface area contributed by atoms with Crippen LogP contribution < -0.4 is 4.74 Å². The minimum absolute atomic E-state index is 0.657. The lowest BCUT2D eigenvalue weighted by Crippen LogP contribution is -1.99. The van der Waals surface area contributed by atoms with Crippen LogP contribution >= 0.6 is 0 Å². The molecule has 1 unspecified atom stereocenters. The van der Waals surface area contributed by atoms with Gasteiger partial charge in [0.2, 0.25) is 0 Å². The Kier molecular flexibility index (Phi) is 3.35. The van der Waals surface area contributed by atoms with Crippen LogP contribution in [0.3, 0.4) is 0 Å². The van der Waals surface area contributed by atoms with Gasteiger partial charge in [-0.2, -0.15) is 0 Å². The highest BCUT2D eigenvalue weighted by Crippen LogP contribution is 2.27. The Morgan fingerprint density at radius 1 is 1.00 bits per heavy atom. The summed E-state index contributed by atoms with van der Waals surface area (Å²) in [4.78, 5) is 4.04. The molecule has 0 fully saturated rings. The molecular formula is C17H15NO2. The smallest absolute Gasteiger partial charge is 0.119 e. The van der Waals surface area contributed by atoms with Crippen molar-refractivity contribution < 1.29 is 9.84 Å². The fraction of sp³-hybridized carbons (Fsp3) is 0.118. The van der Waals surface area contributed by atoms with Crippen LogP contribution in [0.2, 0.25) is 0 Å². The number of ether oxygens (including phenoxy) is 1. The maximum absolute atomic E-state index is 10.4. The molecule has 3 aromatic rings. The average molecular weight is 265 g/mol. The summed E-state index contributed by atoms with van der Waals surface area (Å²) in [5, 5.41) is 12.6. The van der Waals surface area contributed by atoms with Crippen molar-refractivity contribution in [2.24, 2.45) is 0 Å². The maximum atomic E-state index is 10.4. The lowest BCUT2D eigenvalue weighted by Gasteiger charge is -2.12. The van der Waals surface area contributed by atoms with E-state index in [1.54, 1.807) is 19.5 Å². The first-order chi connectivity index (χ1) is 9.78. The number of benzene rings is 2. The molecule has 0 saturated heterocycles. The summed E-state index contributed by atoms with van der Waals surface area (Å²) < 4.78 is 5.21. The number of methoxy groups -OCH3 is 1. The normalized spacial score (nSPS) is 12.3. The van der Waals surface area contributed by atoms with Crippen LogP contribution in [-0.4, -0.2) is 17.2 Å². The van der Waals surface area contributed by atoms with Gasteiger partial charge in [-0.1, -0.05) is 24.3 Å². The largest absolute Gasteiger partial charge is 0.497 e. The van der Waals surface area contributed by atoms with E-state index in [1.165, 1.54) is 0 Å². The predicted molar refractivity (Wildman–Crippen MR) is 78.8 cm³/mol. The van der Waals surface area contributed by atoms with Crippen LogP contribution in [0.1, 0.15) is 17.2 Å². The molecule has 1 aromatic heterocycles. The van der Waals surface area contributed by atoms with E-state index in [1.807, 2.05) is 48.5 Å². The van der Waals surface area contributed by atoms with Crippen molar-refractivity contribution in [2.45, 2.75) is 6.10 Å². The van der Waals surface area contributed by atoms with Gasteiger partial charge in [0.15, 0.2) is 0 Å². The number of rotatable bonds is 3. The van der Waals surface area contributed by atoms with E-state index in [4.69, 9.17) is 4.74 Å². The minimum atomic E-state index is -0.657. The van der Waals surface area contributed by atoms with Crippen LogP contribution in [0.15, 0.2) is 60.9 Å². The quantitative estimate of drug-likeness (QED) is 0.790. The molecule has 2 aromatic carbocycles. The summed E-state index contributed by atoms with van der Waals surface area (Å²) in [6.45, 7) is 0. The van der Waals surface area contributed by atoms with Crippen LogP contribution in [0.5, 0.6) is 5.75 Å². The Hall–Kier alpha value is -2.39. The van der Waals surface area contributed by atoms with Crippen molar-refractivity contribution >= 4 is 10.8 Å². The summed E-state index contributed by atoms with van der Waals surface area (Å²) in [6, 6.07) is 15.5. The second-order valence-corrected chi connectivity index (χ2v) is 4.66. The molecular weight excluding hydrogens is 250 g/mol. The molecule has 0 bridgehead atoms. The molecule has 1 atom stereocenters. The van der Waals surface area contributed by atoms with E-state index < -0.39 is 6.10 Å². The predicted octanol–water partition coefficient (Wildman–Crippen LogP) is 3.33. The van der Waals surface area contributed by atoms with Crippen molar-refractivity contribution in [1.82, 2.24) is 4.98 Å². The summed E-state index contributed by atoms with van der Waals surface area (Å²) in [5.74, 6) is 0.832. The van der Waals surface area contributed by atoms with E-state index in [0.717, 1.165) is 27.6 Å². The van der Waals surface area contributed by atoms with Gasteiger partial charge >= 0.3 is 0 Å². The Morgan fingerprint density at radius 2 is 1.80 bits per heavy atom. The Morgan fingerprint density at radius 3 is 2.55 bits per heavy atom. The first kappa shape index (κ1) is 12.6. The fourth-order valence-corrected chi connectivity index (χ4v) is 2.27. The van der Waals surface area contributed by atoms with E-state index in [2.05, 4.69) is 4.98 Å². The van der Waals surface area contributed by atoms with Gasteiger partial charge in [-0.25, -0.2) is 0 Å². The molecule has 1 heterocycles. The first-order valence-corrected chi connectivity index (χ1v) is 6.43. The zero-order valence-corrected chi connectivity index (χ0v) is 11.2. The zero-order chi connectivity index (χ0) is 13.9. The second kappa shape index (κ2) is 5.31. The van der Waals surface area contributed by atoms with Gasteiger partial charge in [0.05, 0.1) is 7.11 Å². The maximum Gasteiger partial charge on any atom is 0.119 e. The van der Waals surface area contributed by atoms with Crippen molar-refractivity contribution in [3.8, 4) is 5.75 Å². The molecule has 3 nitrogen and oxygen atoms in total. The number of hydrogen-bond donors (Lipinski definition) is 1. The molecule has 0 amide bonds. The lowest BCUT2D eigenvalue weighted by atomic mass is 9.99. The van der Waals surface area contributed by atoms with E-state index in [9.17, 15) is 5.11 Å². The fourth-order valence-electron chi connectivity index (χ4n) is 2.27. The molecule has 0 spiro atoms. The molecule has 3 rings (SSSR count). The molecule has 100 valence electrons. The highest BCUT2D eigenvalue weighted by atomic mass is 16.5. The van der Waals surface area contributed by atoms with E-state index in [-0.39, 0.29) is 0 Å². The Bertz CT molecular complexity index is 725. The monoisotopic (exact) mass is 265 g/mol. The third kappa shape index (κ3) is 2.36. The third-order valence-electron chi connectivity index (χ3n) is 3.39. The minimum Gasteiger partial charge on any atom is -0.497 e. The van der Waals surface area contributed by atoms with Crippen molar-refractivity contribution in [2.75, 3.05) is 7.11 Å². The number of aromatic nitrogens is 1. The van der Waals surface area contributed by atoms with Gasteiger partial charge in [0.25, 0.3) is 0 Å². The van der Waals surface area contributed by atoms with E-state index >= 15 is 0 Å². The molecule has 0 aliphatic carbocycles. The molecule has 3 heteroatoms. The van der Waals surface area contributed by atoms with Gasteiger partial charge in [-0.15, -0.1) is 0 Å². The summed E-state index contributed by atoms with van der Waals surface area (Å²) in [5.41, 5.74) is 1.65. The Labute approximate surface area is 117 Å². The third-order valence-corrected chi connectivity index (χ3v) is 3.39. The molecule has 0 aliphatic rings. The highest BCUT2D eigenvalue weighted by Gasteiger charge is 2.10. The standard InChI is InChI=1S/C17H15NO2/c1-20-16-7-6-12-9-14(5-4-13(12)10-16)17(19)15-3-2-8-18-11-15/h2-11,17,19H,1H3. The topological polar surface area (TPSA) is 42.4 Å². The van der Waals surface area contributed by atoms with Gasteiger partial charge in [-0.05, 0) is 40.6 Å². The van der Waals surface area contributed by atoms with Crippen LogP contribution in [-0.2, 0) is 0 Å². The number of pyridine rings is 1. The lowest BCUT2D eigenvalue weighted by molar-refractivity contribution is 0.220. The molecule has 0 aliphatic heterocycles. The van der Waals surface area contributed by atoms with Gasteiger partial charge in [-0.3, -0.25) is 4.98 Å². The van der Waals surface area contributed by atoms with Crippen LogP contribution in [0, 0.1) is 0 Å². The number of fused-ring (bicyclic) bond motifs is 1. The zero-order valence-electron chi connectivity index (χ0n) is 11.2. The highest BCUT2D eigenvalue weighted by molar-refractivity contribution is 5.84. The first-order valence-electron chi connectivity index (χ1n) is 6.43. The number of aliphatic hydroxyl groups excluding tert-OH is 1. The number of nitrogens with zero attached hydrogens (tertiary/aromatic N) is 1. The molecule has 0 saturated carbocycles. The molecule has 0 radical (unpaired) electrons. The Balaban J connectivity index is 2.01. The summed E-state index contributed by atoms with van der Waals surface area (Å²) in [6.07, 6.45) is 2.72. The van der Waals surface area contributed by atoms with Crippen molar-refractivity contribution in [3.63, 3.8) is 0 Å². The average Bonchev–Trinajstić information content (AvgIpc) is 2.54. The van der Waals surface area contributed by atoms with Crippen molar-refractivity contribution in [1.29, 1.82) is 0 Å². The van der Waals surface area contributed by atoms with Crippen LogP contribution in [0.4, 0.5) is 0 Å². The molecule has 20 heavy (non-hydrogen) atoms. The summed E-state index contributed by atoms with van der Waals surface area (Å²) >= 11 is 0. The number of aliphatic hydroxyl groups is 1. The van der Waals surface area contributed by atoms with Crippen molar-refractivity contribution in [3.05, 3.63) is 72.1 Å². The SMILES string of the molecule is COc1ccc2cc(C(O)c3cccnc3)ccc2c1. The molecule has 1 N–H and O–H groups in total. The van der Waals surface area contributed by atoms with Gasteiger partial charge in [0.1, 0.15) is 11.9 Å².